The van der Waals surface area contributed by atoms with Crippen LogP contribution in [-0.2, 0) is 25.7 Å². The Morgan fingerprint density at radius 1 is 0.894 bits per heavy atom. The van der Waals surface area contributed by atoms with Crippen molar-refractivity contribution < 1.29 is 28.7 Å². The molecule has 3 fully saturated rings. The Balaban J connectivity index is 1.28. The monoisotopic (exact) mass is 648 g/mol. The molecular formula is C38H30ClFN2O5. The maximum Gasteiger partial charge on any atom is 0.241 e. The number of phenolic OH excluding ortho intramolecular Hbond substituents is 1. The van der Waals surface area contributed by atoms with E-state index in [0.717, 1.165) is 27.5 Å². The lowest BCUT2D eigenvalue weighted by atomic mass is 9.51. The summed E-state index contributed by atoms with van der Waals surface area (Å²) < 4.78 is 14.2. The SMILES string of the molecule is CC12C(=O)N(c3ccc(F)c(Cl)c3)C(=O)C1CC1C(=CCC3C(=O)N(Cc4ccccc4)C(=O)C31)C2c1ccc2ccccc2c1O. The van der Waals surface area contributed by atoms with Gasteiger partial charge in [0.05, 0.1) is 40.4 Å². The highest BCUT2D eigenvalue weighted by atomic mass is 35.5. The molecule has 6 unspecified atom stereocenters. The van der Waals surface area contributed by atoms with Crippen molar-refractivity contribution >= 4 is 51.7 Å². The normalized spacial score (nSPS) is 28.4. The maximum absolute atomic E-state index is 14.6. The van der Waals surface area contributed by atoms with Crippen LogP contribution in [0, 0.1) is 34.9 Å². The zero-order valence-corrected chi connectivity index (χ0v) is 26.2. The summed E-state index contributed by atoms with van der Waals surface area (Å²) in [5.41, 5.74) is 0.880. The fraction of sp³-hybridized carbons (Fsp3) is 0.263. The molecule has 0 spiro atoms. The van der Waals surface area contributed by atoms with Crippen LogP contribution in [0.1, 0.15) is 36.8 Å². The lowest BCUT2D eigenvalue weighted by Crippen LogP contribution is -2.48. The van der Waals surface area contributed by atoms with Gasteiger partial charge in [0.2, 0.25) is 23.6 Å². The molecule has 4 aromatic carbocycles. The van der Waals surface area contributed by atoms with Crippen LogP contribution in [-0.4, -0.2) is 33.6 Å². The zero-order chi connectivity index (χ0) is 32.8. The third-order valence-electron chi connectivity index (χ3n) is 11.0. The van der Waals surface area contributed by atoms with E-state index in [1.54, 1.807) is 19.1 Å². The van der Waals surface area contributed by atoms with Gasteiger partial charge in [-0.15, -0.1) is 0 Å². The molecule has 4 aromatic rings. The molecule has 236 valence electrons. The van der Waals surface area contributed by atoms with Crippen molar-refractivity contribution in [1.82, 2.24) is 4.90 Å². The fourth-order valence-corrected chi connectivity index (χ4v) is 8.90. The summed E-state index contributed by atoms with van der Waals surface area (Å²) in [6.07, 6.45) is 2.43. The number of fused-ring (bicyclic) bond motifs is 5. The van der Waals surface area contributed by atoms with E-state index in [1.165, 1.54) is 17.0 Å². The Bertz CT molecular complexity index is 2060. The molecule has 4 amide bonds. The molecule has 7 nitrogen and oxygen atoms in total. The summed E-state index contributed by atoms with van der Waals surface area (Å²) in [4.78, 5) is 59.3. The number of carbonyl (C=O) groups excluding carboxylic acids is 4. The Labute approximate surface area is 275 Å². The molecule has 6 atom stereocenters. The number of aromatic hydroxyl groups is 1. The molecule has 2 aliphatic carbocycles. The molecule has 4 aliphatic rings. The minimum absolute atomic E-state index is 0.000182. The van der Waals surface area contributed by atoms with Crippen molar-refractivity contribution in [3.63, 3.8) is 0 Å². The lowest BCUT2D eigenvalue weighted by molar-refractivity contribution is -0.141. The number of hydrogen-bond acceptors (Lipinski definition) is 5. The van der Waals surface area contributed by atoms with Gasteiger partial charge < -0.3 is 5.11 Å². The van der Waals surface area contributed by atoms with Crippen LogP contribution in [0.15, 0.2) is 96.6 Å². The van der Waals surface area contributed by atoms with Crippen LogP contribution in [0.4, 0.5) is 10.1 Å². The standard InChI is InChI=1S/C38H30ClFN2O5/c1-38-28(35(45)42(37(38)47)22-12-16-30(40)29(39)17-22)18-27-24(32(38)26-13-11-21-9-5-6-10-23(21)33(26)43)14-15-25-31(27)36(46)41(34(25)44)19-20-7-3-2-4-8-20/h2-14,16-17,25,27-28,31-32,43H,15,18-19H2,1H3. The van der Waals surface area contributed by atoms with E-state index >= 15 is 0 Å². The van der Waals surface area contributed by atoms with Crippen LogP contribution in [0.3, 0.4) is 0 Å². The molecule has 2 aliphatic heterocycles. The van der Waals surface area contributed by atoms with Crippen LogP contribution < -0.4 is 4.90 Å². The van der Waals surface area contributed by atoms with Crippen molar-refractivity contribution in [3.05, 3.63) is 119 Å². The molecule has 8 rings (SSSR count). The number of nitrogens with zero attached hydrogens (tertiary/aromatic N) is 2. The summed E-state index contributed by atoms with van der Waals surface area (Å²) in [7, 11) is 0. The maximum atomic E-state index is 14.6. The number of likely N-dealkylation sites (tertiary alicyclic amines) is 1. The first-order valence-electron chi connectivity index (χ1n) is 15.7. The van der Waals surface area contributed by atoms with E-state index in [2.05, 4.69) is 0 Å². The summed E-state index contributed by atoms with van der Waals surface area (Å²) in [5.74, 6) is -5.66. The molecule has 1 saturated carbocycles. The zero-order valence-electron chi connectivity index (χ0n) is 25.4. The second kappa shape index (κ2) is 10.6. The number of rotatable bonds is 4. The number of halogens is 2. The van der Waals surface area contributed by atoms with Crippen LogP contribution in [0.2, 0.25) is 5.02 Å². The van der Waals surface area contributed by atoms with Crippen molar-refractivity contribution in [2.45, 2.75) is 32.2 Å². The Morgan fingerprint density at radius 3 is 2.40 bits per heavy atom. The van der Waals surface area contributed by atoms with E-state index in [9.17, 15) is 28.7 Å². The number of hydrogen-bond donors (Lipinski definition) is 1. The average molecular weight is 649 g/mol. The van der Waals surface area contributed by atoms with Crippen molar-refractivity contribution in [2.24, 2.45) is 29.1 Å². The topological polar surface area (TPSA) is 95.0 Å². The molecule has 2 saturated heterocycles. The first-order valence-corrected chi connectivity index (χ1v) is 16.1. The second-order valence-corrected chi connectivity index (χ2v) is 13.6. The third-order valence-corrected chi connectivity index (χ3v) is 11.2. The van der Waals surface area contributed by atoms with Crippen molar-refractivity contribution in [1.29, 1.82) is 0 Å². The van der Waals surface area contributed by atoms with E-state index in [1.807, 2.05) is 60.7 Å². The van der Waals surface area contributed by atoms with E-state index in [0.29, 0.717) is 17.4 Å². The van der Waals surface area contributed by atoms with Crippen LogP contribution >= 0.6 is 11.6 Å². The summed E-state index contributed by atoms with van der Waals surface area (Å²) >= 11 is 6.10. The Morgan fingerprint density at radius 2 is 1.64 bits per heavy atom. The van der Waals surface area contributed by atoms with Gasteiger partial charge in [-0.05, 0) is 54.8 Å². The number of anilines is 1. The molecule has 1 N–H and O–H groups in total. The smallest absolute Gasteiger partial charge is 0.241 e. The van der Waals surface area contributed by atoms with Gasteiger partial charge in [-0.1, -0.05) is 90.0 Å². The molecule has 47 heavy (non-hydrogen) atoms. The molecule has 0 bridgehead atoms. The fourth-order valence-electron chi connectivity index (χ4n) is 8.72. The van der Waals surface area contributed by atoms with Crippen LogP contribution in [0.5, 0.6) is 5.75 Å². The average Bonchev–Trinajstić information content (AvgIpc) is 3.43. The van der Waals surface area contributed by atoms with Crippen molar-refractivity contribution in [2.75, 3.05) is 4.90 Å². The highest BCUT2D eigenvalue weighted by Crippen LogP contribution is 2.64. The summed E-state index contributed by atoms with van der Waals surface area (Å²) in [6.45, 7) is 1.90. The number of benzene rings is 4. The highest BCUT2D eigenvalue weighted by molar-refractivity contribution is 6.31. The molecule has 0 radical (unpaired) electrons. The van der Waals surface area contributed by atoms with Gasteiger partial charge in [0.15, 0.2) is 0 Å². The van der Waals surface area contributed by atoms with E-state index in [4.69, 9.17) is 11.6 Å². The Kier molecular flexibility index (Phi) is 6.67. The van der Waals surface area contributed by atoms with Crippen LogP contribution in [0.25, 0.3) is 10.8 Å². The lowest BCUT2D eigenvalue weighted by Gasteiger charge is -2.49. The number of phenols is 1. The predicted molar refractivity (Wildman–Crippen MR) is 174 cm³/mol. The van der Waals surface area contributed by atoms with Gasteiger partial charge in [0.25, 0.3) is 0 Å². The van der Waals surface area contributed by atoms with Gasteiger partial charge >= 0.3 is 0 Å². The van der Waals surface area contributed by atoms with Gasteiger partial charge in [0.1, 0.15) is 11.6 Å². The van der Waals surface area contributed by atoms with E-state index in [-0.39, 0.29) is 41.2 Å². The number of allylic oxidation sites excluding steroid dienone is 2. The minimum atomic E-state index is -1.36. The Hall–Kier alpha value is -4.82. The van der Waals surface area contributed by atoms with Gasteiger partial charge in [-0.3, -0.25) is 24.1 Å². The highest BCUT2D eigenvalue weighted by Gasteiger charge is 2.68. The minimum Gasteiger partial charge on any atom is -0.507 e. The quantitative estimate of drug-likeness (QED) is 0.195. The summed E-state index contributed by atoms with van der Waals surface area (Å²) in [5, 5.41) is 13.0. The molecule has 0 aromatic heterocycles. The number of amides is 4. The predicted octanol–water partition coefficient (Wildman–Crippen LogP) is 6.77. The van der Waals surface area contributed by atoms with Gasteiger partial charge in [-0.25, -0.2) is 9.29 Å². The van der Waals surface area contributed by atoms with E-state index < -0.39 is 52.6 Å². The molecule has 2 heterocycles. The number of carbonyl (C=O) groups is 4. The first kappa shape index (κ1) is 29.6. The molecule has 9 heteroatoms. The first-order chi connectivity index (χ1) is 22.6. The number of imide groups is 2. The second-order valence-electron chi connectivity index (χ2n) is 13.2. The summed E-state index contributed by atoms with van der Waals surface area (Å²) in [6, 6.07) is 24.1. The largest absolute Gasteiger partial charge is 0.507 e. The third kappa shape index (κ3) is 4.17. The van der Waals surface area contributed by atoms with Gasteiger partial charge in [0, 0.05) is 16.9 Å². The molecular weight excluding hydrogens is 619 g/mol. The van der Waals surface area contributed by atoms with Gasteiger partial charge in [-0.2, -0.15) is 0 Å². The van der Waals surface area contributed by atoms with Crippen molar-refractivity contribution in [3.8, 4) is 5.75 Å².